The van der Waals surface area contributed by atoms with Gasteiger partial charge in [0, 0.05) is 13.1 Å². The molecule has 0 aliphatic heterocycles. The lowest BCUT2D eigenvalue weighted by molar-refractivity contribution is -0.162. The highest BCUT2D eigenvalue weighted by Crippen LogP contribution is 2.23. The summed E-state index contributed by atoms with van der Waals surface area (Å²) < 4.78 is 25.4. The summed E-state index contributed by atoms with van der Waals surface area (Å²) in [5, 5.41) is 41.7. The summed E-state index contributed by atoms with van der Waals surface area (Å²) in [6.45, 7) is -1.12. The Hall–Kier alpha value is -3.99. The molecule has 248 valence electrons. The maximum Gasteiger partial charge on any atom is 0.508 e. The number of ether oxygens (including phenoxy) is 5. The third-order valence-electron chi connectivity index (χ3n) is 6.33. The van der Waals surface area contributed by atoms with Crippen molar-refractivity contribution in [3.8, 4) is 0 Å². The molecule has 0 fully saturated rings. The Labute approximate surface area is 254 Å². The van der Waals surface area contributed by atoms with Crippen molar-refractivity contribution in [3.63, 3.8) is 0 Å². The summed E-state index contributed by atoms with van der Waals surface area (Å²) in [4.78, 5) is 62.3. The minimum atomic E-state index is -1.79. The highest BCUT2D eigenvalue weighted by Gasteiger charge is 2.41. The zero-order valence-electron chi connectivity index (χ0n) is 25.0. The van der Waals surface area contributed by atoms with Gasteiger partial charge < -0.3 is 54.7 Å². The summed E-state index contributed by atoms with van der Waals surface area (Å²) in [6, 6.07) is 8.64. The van der Waals surface area contributed by atoms with Gasteiger partial charge in [-0.25, -0.2) is 9.59 Å². The predicted molar refractivity (Wildman–Crippen MR) is 150 cm³/mol. The topological polar surface area (TPSA) is 236 Å². The molecular weight excluding hydrogens is 588 g/mol. The molecule has 1 aromatic carbocycles. The molecule has 1 rings (SSSR count). The monoisotopic (exact) mass is 630 g/mol. The van der Waals surface area contributed by atoms with Crippen LogP contribution >= 0.6 is 0 Å². The first-order chi connectivity index (χ1) is 20.8. The van der Waals surface area contributed by atoms with E-state index < -0.39 is 86.0 Å². The summed E-state index contributed by atoms with van der Waals surface area (Å²) in [7, 11) is 0. The van der Waals surface area contributed by atoms with Gasteiger partial charge in [-0.1, -0.05) is 30.3 Å². The maximum atomic E-state index is 13.1. The quantitative estimate of drug-likeness (QED) is 0.0816. The van der Waals surface area contributed by atoms with Gasteiger partial charge in [0.15, 0.2) is 0 Å². The van der Waals surface area contributed by atoms with Crippen molar-refractivity contribution in [2.75, 3.05) is 65.9 Å². The second kappa shape index (κ2) is 18.6. The van der Waals surface area contributed by atoms with Crippen molar-refractivity contribution < 1.29 is 68.1 Å². The van der Waals surface area contributed by atoms with E-state index in [2.05, 4.69) is 10.6 Å². The van der Waals surface area contributed by atoms with Gasteiger partial charge in [0.25, 0.3) is 0 Å². The van der Waals surface area contributed by atoms with E-state index in [0.29, 0.717) is 5.56 Å². The number of hydrogen-bond acceptors (Lipinski definition) is 14. The molecule has 6 N–H and O–H groups in total. The van der Waals surface area contributed by atoms with Gasteiger partial charge in [-0.2, -0.15) is 0 Å². The Morgan fingerprint density at radius 3 is 1.36 bits per heavy atom. The van der Waals surface area contributed by atoms with E-state index in [1.165, 1.54) is 20.8 Å². The Balaban J connectivity index is 2.89. The molecule has 0 saturated heterocycles. The predicted octanol–water partition coefficient (Wildman–Crippen LogP) is -0.743. The molecule has 0 bridgehead atoms. The second-order valence-corrected chi connectivity index (χ2v) is 10.7. The molecule has 2 unspecified atom stereocenters. The molecule has 16 nitrogen and oxygen atoms in total. The Kier molecular flexibility index (Phi) is 16.1. The molecule has 16 heteroatoms. The lowest BCUT2D eigenvalue weighted by atomic mass is 9.92. The van der Waals surface area contributed by atoms with Crippen LogP contribution in [0, 0.1) is 16.2 Å². The number of rotatable bonds is 19. The minimum absolute atomic E-state index is 0.0824. The second-order valence-electron chi connectivity index (χ2n) is 10.7. The minimum Gasteiger partial charge on any atom is -0.460 e. The fourth-order valence-electron chi connectivity index (χ4n) is 3.14. The van der Waals surface area contributed by atoms with Crippen LogP contribution in [0.1, 0.15) is 26.3 Å². The van der Waals surface area contributed by atoms with E-state index in [4.69, 9.17) is 33.9 Å². The van der Waals surface area contributed by atoms with Crippen LogP contribution in [0.25, 0.3) is 0 Å². The highest BCUT2D eigenvalue weighted by molar-refractivity contribution is 5.83. The first-order valence-electron chi connectivity index (χ1n) is 13.6. The van der Waals surface area contributed by atoms with Gasteiger partial charge >= 0.3 is 18.3 Å². The number of esters is 1. The van der Waals surface area contributed by atoms with E-state index in [0.717, 1.165) is 0 Å². The third kappa shape index (κ3) is 12.3. The normalized spacial score (nSPS) is 14.9. The number of aliphatic hydroxyl groups is 4. The lowest BCUT2D eigenvalue weighted by Crippen LogP contribution is -2.46. The average Bonchev–Trinajstić information content (AvgIpc) is 3.04. The fourth-order valence-corrected chi connectivity index (χ4v) is 3.14. The van der Waals surface area contributed by atoms with Crippen molar-refractivity contribution in [3.05, 3.63) is 35.9 Å². The number of carbonyl (C=O) groups is 5. The maximum absolute atomic E-state index is 13.1. The van der Waals surface area contributed by atoms with E-state index in [-0.39, 0.29) is 32.9 Å². The highest BCUT2D eigenvalue weighted by atomic mass is 16.7. The molecule has 0 heterocycles. The molecule has 0 aromatic heterocycles. The van der Waals surface area contributed by atoms with Crippen LogP contribution in [0.2, 0.25) is 0 Å². The van der Waals surface area contributed by atoms with Crippen LogP contribution in [-0.2, 0) is 44.7 Å². The molecular formula is C28H42N2O14. The van der Waals surface area contributed by atoms with Gasteiger partial charge in [-0.15, -0.1) is 0 Å². The molecule has 44 heavy (non-hydrogen) atoms. The van der Waals surface area contributed by atoms with Crippen LogP contribution in [0.5, 0.6) is 0 Å². The van der Waals surface area contributed by atoms with Gasteiger partial charge in [-0.05, 0) is 26.3 Å². The smallest absolute Gasteiger partial charge is 0.460 e. The summed E-state index contributed by atoms with van der Waals surface area (Å²) in [5.41, 5.74) is -4.26. The third-order valence-corrected chi connectivity index (χ3v) is 6.33. The zero-order valence-corrected chi connectivity index (χ0v) is 25.0. The zero-order chi connectivity index (χ0) is 33.2. The Bertz CT molecular complexity index is 1030. The fraction of sp³-hybridized carbons (Fsp3) is 0.607. The average molecular weight is 631 g/mol. The summed E-state index contributed by atoms with van der Waals surface area (Å²) >= 11 is 0. The van der Waals surface area contributed by atoms with Crippen molar-refractivity contribution >= 4 is 30.1 Å². The van der Waals surface area contributed by atoms with Crippen molar-refractivity contribution in [1.82, 2.24) is 10.6 Å². The van der Waals surface area contributed by atoms with Crippen LogP contribution in [0.4, 0.5) is 9.59 Å². The van der Waals surface area contributed by atoms with Crippen LogP contribution in [0.15, 0.2) is 30.3 Å². The number of carbonyl (C=O) groups excluding carboxylic acids is 5. The molecule has 2 atom stereocenters. The number of aliphatic hydroxyl groups excluding tert-OH is 4. The van der Waals surface area contributed by atoms with Crippen LogP contribution < -0.4 is 10.6 Å². The molecule has 0 aliphatic carbocycles. The van der Waals surface area contributed by atoms with Crippen molar-refractivity contribution in [2.45, 2.75) is 27.4 Å². The number of hydrogen-bond donors (Lipinski definition) is 6. The van der Waals surface area contributed by atoms with E-state index in [1.54, 1.807) is 30.3 Å². The molecule has 0 aliphatic rings. The van der Waals surface area contributed by atoms with Crippen LogP contribution in [-0.4, -0.2) is 116 Å². The van der Waals surface area contributed by atoms with Gasteiger partial charge in [0.1, 0.15) is 49.3 Å². The Morgan fingerprint density at radius 2 is 1.00 bits per heavy atom. The number of amides is 2. The van der Waals surface area contributed by atoms with E-state index in [9.17, 15) is 34.2 Å². The van der Waals surface area contributed by atoms with E-state index in [1.807, 2.05) is 0 Å². The van der Waals surface area contributed by atoms with Crippen LogP contribution in [0.3, 0.4) is 0 Å². The standard InChI is InChI=1S/C28H42N2O14/c1-26(14-33,21(35)29-9-11-31)16-41-24(38)43-18-28(3,23(37)40-13-20-7-5-4-6-8-20)19-44-25(39)42-17-27(2,15-34)22(36)30-10-12-32/h4-8,31-34H,9-19H2,1-3H3,(H,29,35)(H,30,36). The van der Waals surface area contributed by atoms with Crippen molar-refractivity contribution in [2.24, 2.45) is 16.2 Å². The molecule has 0 saturated carbocycles. The lowest BCUT2D eigenvalue weighted by Gasteiger charge is -2.28. The number of nitrogens with one attached hydrogen (secondary N) is 2. The van der Waals surface area contributed by atoms with Gasteiger partial charge in [0.05, 0.1) is 26.4 Å². The molecule has 0 spiro atoms. The summed E-state index contributed by atoms with van der Waals surface area (Å²) in [5.74, 6) is -2.30. The van der Waals surface area contributed by atoms with Gasteiger partial charge in [0.2, 0.25) is 11.8 Å². The SMILES string of the molecule is CC(CO)(COC(=O)OCC(C)(COC(=O)OCC(C)(CO)C(=O)NCCO)C(=O)OCc1ccccc1)C(=O)NCCO. The first kappa shape index (κ1) is 38.0. The largest absolute Gasteiger partial charge is 0.508 e. The summed E-state index contributed by atoms with van der Waals surface area (Å²) in [6.07, 6.45) is -2.62. The Morgan fingerprint density at radius 1 is 0.614 bits per heavy atom. The molecule has 0 radical (unpaired) electrons. The van der Waals surface area contributed by atoms with Gasteiger partial charge in [-0.3, -0.25) is 14.4 Å². The molecule has 2 amide bonds. The van der Waals surface area contributed by atoms with E-state index >= 15 is 0 Å². The van der Waals surface area contributed by atoms with Crippen molar-refractivity contribution in [1.29, 1.82) is 0 Å². The first-order valence-corrected chi connectivity index (χ1v) is 13.6. The number of benzene rings is 1. The molecule has 1 aromatic rings.